The van der Waals surface area contributed by atoms with Crippen molar-refractivity contribution in [2.24, 2.45) is 0 Å². The number of nitrogens with zero attached hydrogens (tertiary/aromatic N) is 4. The lowest BCUT2D eigenvalue weighted by Crippen LogP contribution is -2.22. The van der Waals surface area contributed by atoms with Crippen LogP contribution in [0.4, 0.5) is 5.82 Å². The highest BCUT2D eigenvalue weighted by Crippen LogP contribution is 2.26. The predicted octanol–water partition coefficient (Wildman–Crippen LogP) is 3.55. The zero-order valence-corrected chi connectivity index (χ0v) is 15.4. The van der Waals surface area contributed by atoms with Crippen molar-refractivity contribution in [3.8, 4) is 11.3 Å². The summed E-state index contributed by atoms with van der Waals surface area (Å²) in [4.78, 5) is 18.7. The number of hydrogen-bond acceptors (Lipinski definition) is 5. The van der Waals surface area contributed by atoms with Crippen LogP contribution in [-0.4, -0.2) is 40.8 Å². The van der Waals surface area contributed by atoms with Crippen LogP contribution in [0.5, 0.6) is 0 Å². The summed E-state index contributed by atoms with van der Waals surface area (Å²) < 4.78 is 7.68. The van der Waals surface area contributed by atoms with Crippen molar-refractivity contribution in [1.82, 2.24) is 14.6 Å². The topological polar surface area (TPSA) is 59.7 Å². The third-order valence-electron chi connectivity index (χ3n) is 4.37. The average Bonchev–Trinajstić information content (AvgIpc) is 3.30. The molecule has 128 valence electrons. The summed E-state index contributed by atoms with van der Waals surface area (Å²) in [5, 5.41) is 4.73. The molecule has 1 saturated heterocycles. The van der Waals surface area contributed by atoms with Gasteiger partial charge in [0.25, 0.3) is 0 Å². The zero-order chi connectivity index (χ0) is 17.4. The molecule has 6 nitrogen and oxygen atoms in total. The number of anilines is 1. The first-order chi connectivity index (χ1) is 12.2. The molecule has 0 amide bonds. The minimum atomic E-state index is -0.436. The Bertz CT molecular complexity index is 930. The van der Waals surface area contributed by atoms with Gasteiger partial charge in [0.1, 0.15) is 5.82 Å². The lowest BCUT2D eigenvalue weighted by molar-refractivity contribution is 0.0594. The minimum absolute atomic E-state index is 0.305. The largest absolute Gasteiger partial charge is 0.464 e. The fraction of sp³-hybridized carbons (Fsp3) is 0.278. The van der Waals surface area contributed by atoms with Crippen molar-refractivity contribution in [2.45, 2.75) is 12.8 Å². The quantitative estimate of drug-likeness (QED) is 0.629. The number of fused-ring (bicyclic) bond motifs is 1. The van der Waals surface area contributed by atoms with Gasteiger partial charge in [0.05, 0.1) is 12.8 Å². The summed E-state index contributed by atoms with van der Waals surface area (Å²) >= 11 is 3.45. The molecule has 4 rings (SSSR count). The Kier molecular flexibility index (Phi) is 4.17. The van der Waals surface area contributed by atoms with Crippen LogP contribution in [0.1, 0.15) is 23.3 Å². The van der Waals surface area contributed by atoms with Crippen LogP contribution < -0.4 is 4.90 Å². The molecule has 0 aliphatic carbocycles. The molecule has 25 heavy (non-hydrogen) atoms. The summed E-state index contributed by atoms with van der Waals surface area (Å²) in [5.74, 6) is 0.445. The number of halogens is 1. The highest BCUT2D eigenvalue weighted by molar-refractivity contribution is 9.10. The number of aromatic nitrogens is 3. The Balaban J connectivity index is 1.87. The van der Waals surface area contributed by atoms with E-state index >= 15 is 0 Å². The molecule has 7 heteroatoms. The number of rotatable bonds is 3. The van der Waals surface area contributed by atoms with Gasteiger partial charge in [-0.1, -0.05) is 28.1 Å². The van der Waals surface area contributed by atoms with Crippen molar-refractivity contribution in [1.29, 1.82) is 0 Å². The first-order valence-electron chi connectivity index (χ1n) is 8.16. The fourth-order valence-electron chi connectivity index (χ4n) is 3.10. The minimum Gasteiger partial charge on any atom is -0.464 e. The van der Waals surface area contributed by atoms with Gasteiger partial charge in [-0.05, 0) is 25.0 Å². The summed E-state index contributed by atoms with van der Waals surface area (Å²) in [5.41, 5.74) is 2.77. The fourth-order valence-corrected chi connectivity index (χ4v) is 3.37. The lowest BCUT2D eigenvalue weighted by Gasteiger charge is -2.18. The highest BCUT2D eigenvalue weighted by atomic mass is 79.9. The molecule has 1 aliphatic rings. The van der Waals surface area contributed by atoms with E-state index in [1.165, 1.54) is 7.11 Å². The van der Waals surface area contributed by atoms with Gasteiger partial charge in [-0.25, -0.2) is 9.78 Å². The normalized spacial score (nSPS) is 14.2. The Morgan fingerprint density at radius 1 is 1.16 bits per heavy atom. The third-order valence-corrected chi connectivity index (χ3v) is 4.90. The van der Waals surface area contributed by atoms with Crippen LogP contribution in [0.3, 0.4) is 0 Å². The molecule has 0 saturated carbocycles. The van der Waals surface area contributed by atoms with Crippen molar-refractivity contribution < 1.29 is 9.53 Å². The Morgan fingerprint density at radius 3 is 2.56 bits per heavy atom. The van der Waals surface area contributed by atoms with Crippen molar-refractivity contribution in [3.05, 3.63) is 46.6 Å². The monoisotopic (exact) mass is 400 g/mol. The molecule has 1 fully saturated rings. The second kappa shape index (κ2) is 6.48. The molecule has 3 heterocycles. The molecule has 1 aromatic carbocycles. The van der Waals surface area contributed by atoms with Crippen LogP contribution >= 0.6 is 15.9 Å². The summed E-state index contributed by atoms with van der Waals surface area (Å²) in [6, 6.07) is 11.6. The molecule has 2 aromatic heterocycles. The maximum atomic E-state index is 12.0. The van der Waals surface area contributed by atoms with Gasteiger partial charge < -0.3 is 9.64 Å². The van der Waals surface area contributed by atoms with E-state index in [1.807, 2.05) is 34.8 Å². The number of carbonyl (C=O) groups excluding carboxylic acids is 1. The standard InChI is InChI=1S/C18H17BrN4O2/c1-25-18(24)15-11-17(22-8-2-3-9-22)23-16(20-15)10-14(21-23)12-4-6-13(19)7-5-12/h4-7,10-11H,2-3,8-9H2,1H3. The van der Waals surface area contributed by atoms with Gasteiger partial charge in [0.15, 0.2) is 11.3 Å². The molecule has 3 aromatic rings. The van der Waals surface area contributed by atoms with Gasteiger partial charge in [-0.15, -0.1) is 0 Å². The SMILES string of the molecule is COC(=O)c1cc(N2CCCC2)n2nc(-c3ccc(Br)cc3)cc2n1. The van der Waals surface area contributed by atoms with E-state index in [9.17, 15) is 4.79 Å². The highest BCUT2D eigenvalue weighted by Gasteiger charge is 2.21. The molecular weight excluding hydrogens is 384 g/mol. The Hall–Kier alpha value is -2.41. The summed E-state index contributed by atoms with van der Waals surface area (Å²) in [6.07, 6.45) is 2.27. The van der Waals surface area contributed by atoms with Gasteiger partial charge in [0, 0.05) is 35.3 Å². The van der Waals surface area contributed by atoms with E-state index in [0.29, 0.717) is 11.3 Å². The smallest absolute Gasteiger partial charge is 0.356 e. The second-order valence-corrected chi connectivity index (χ2v) is 6.91. The molecule has 0 bridgehead atoms. The number of esters is 1. The van der Waals surface area contributed by atoms with Crippen LogP contribution in [-0.2, 0) is 4.74 Å². The van der Waals surface area contributed by atoms with Crippen molar-refractivity contribution in [3.63, 3.8) is 0 Å². The number of ether oxygens (including phenoxy) is 1. The molecule has 0 spiro atoms. The maximum Gasteiger partial charge on any atom is 0.356 e. The average molecular weight is 401 g/mol. The van der Waals surface area contributed by atoms with E-state index in [0.717, 1.165) is 47.5 Å². The first kappa shape index (κ1) is 16.1. The number of hydrogen-bond donors (Lipinski definition) is 0. The Morgan fingerprint density at radius 2 is 1.88 bits per heavy atom. The third kappa shape index (κ3) is 3.00. The molecule has 1 aliphatic heterocycles. The first-order valence-corrected chi connectivity index (χ1v) is 8.95. The molecule has 0 radical (unpaired) electrons. The van der Waals surface area contributed by atoms with Crippen molar-refractivity contribution >= 4 is 33.4 Å². The van der Waals surface area contributed by atoms with Gasteiger partial charge in [-0.2, -0.15) is 9.61 Å². The zero-order valence-electron chi connectivity index (χ0n) is 13.8. The van der Waals surface area contributed by atoms with Crippen LogP contribution in [0, 0.1) is 0 Å². The molecule has 0 unspecified atom stereocenters. The van der Waals surface area contributed by atoms with E-state index in [1.54, 1.807) is 6.07 Å². The maximum absolute atomic E-state index is 12.0. The predicted molar refractivity (Wildman–Crippen MR) is 98.9 cm³/mol. The van der Waals surface area contributed by atoms with E-state index < -0.39 is 5.97 Å². The van der Waals surface area contributed by atoms with Gasteiger partial charge >= 0.3 is 5.97 Å². The molecule has 0 N–H and O–H groups in total. The molecule has 0 atom stereocenters. The van der Waals surface area contributed by atoms with Crippen LogP contribution in [0.15, 0.2) is 40.9 Å². The van der Waals surface area contributed by atoms with Crippen LogP contribution in [0.2, 0.25) is 0 Å². The summed E-state index contributed by atoms with van der Waals surface area (Å²) in [7, 11) is 1.37. The van der Waals surface area contributed by atoms with Gasteiger partial charge in [0.2, 0.25) is 0 Å². The number of benzene rings is 1. The van der Waals surface area contributed by atoms with Crippen LogP contribution in [0.25, 0.3) is 16.9 Å². The summed E-state index contributed by atoms with van der Waals surface area (Å²) in [6.45, 7) is 1.90. The van der Waals surface area contributed by atoms with E-state index in [-0.39, 0.29) is 0 Å². The van der Waals surface area contributed by atoms with E-state index in [4.69, 9.17) is 9.84 Å². The van der Waals surface area contributed by atoms with Crippen molar-refractivity contribution in [2.75, 3.05) is 25.1 Å². The van der Waals surface area contributed by atoms with E-state index in [2.05, 4.69) is 25.8 Å². The second-order valence-electron chi connectivity index (χ2n) is 5.99. The Labute approximate surface area is 153 Å². The number of carbonyl (C=O) groups is 1. The molecular formula is C18H17BrN4O2. The lowest BCUT2D eigenvalue weighted by atomic mass is 10.2. The van der Waals surface area contributed by atoms with Gasteiger partial charge in [-0.3, -0.25) is 0 Å². The number of methoxy groups -OCH3 is 1.